The van der Waals surface area contributed by atoms with Crippen LogP contribution in [-0.4, -0.2) is 10.8 Å². The monoisotopic (exact) mass is 245 g/mol. The standard InChI is InChI=1S/C14H15NOS/c1-9-4-10(2)6-12(5-9)13(16)7-14-15-8-11(3)17-14/h4-6,8H,7H2,1-3H3. The lowest BCUT2D eigenvalue weighted by molar-refractivity contribution is 0.0992. The average Bonchev–Trinajstić information content (AvgIpc) is 2.62. The van der Waals surface area contributed by atoms with Crippen LogP contribution in [0, 0.1) is 20.8 Å². The highest BCUT2D eigenvalue weighted by Crippen LogP contribution is 2.16. The molecule has 0 aliphatic rings. The van der Waals surface area contributed by atoms with Gasteiger partial charge < -0.3 is 0 Å². The first-order valence-corrected chi connectivity index (χ1v) is 6.39. The fourth-order valence-electron chi connectivity index (χ4n) is 1.86. The van der Waals surface area contributed by atoms with Gasteiger partial charge in [0.15, 0.2) is 5.78 Å². The lowest BCUT2D eigenvalue weighted by atomic mass is 10.0. The molecule has 0 radical (unpaired) electrons. The van der Waals surface area contributed by atoms with E-state index in [9.17, 15) is 4.79 Å². The molecule has 0 aliphatic heterocycles. The van der Waals surface area contributed by atoms with Crippen LogP contribution in [0.2, 0.25) is 0 Å². The summed E-state index contributed by atoms with van der Waals surface area (Å²) in [5.74, 6) is 0.145. The summed E-state index contributed by atoms with van der Waals surface area (Å²) in [7, 11) is 0. The Morgan fingerprint density at radius 1 is 1.18 bits per heavy atom. The van der Waals surface area contributed by atoms with Gasteiger partial charge in [0.05, 0.1) is 6.42 Å². The van der Waals surface area contributed by atoms with E-state index in [2.05, 4.69) is 11.1 Å². The minimum absolute atomic E-state index is 0.145. The van der Waals surface area contributed by atoms with Crippen molar-refractivity contribution in [2.45, 2.75) is 27.2 Å². The van der Waals surface area contributed by atoms with Gasteiger partial charge in [0, 0.05) is 16.6 Å². The highest BCUT2D eigenvalue weighted by molar-refractivity contribution is 7.11. The number of carbonyl (C=O) groups is 1. The van der Waals surface area contributed by atoms with Gasteiger partial charge in [0.25, 0.3) is 0 Å². The van der Waals surface area contributed by atoms with Gasteiger partial charge in [-0.2, -0.15) is 0 Å². The normalized spacial score (nSPS) is 10.5. The molecule has 0 fully saturated rings. The number of ketones is 1. The lowest BCUT2D eigenvalue weighted by Crippen LogP contribution is -2.04. The summed E-state index contributed by atoms with van der Waals surface area (Å²) in [4.78, 5) is 17.5. The topological polar surface area (TPSA) is 30.0 Å². The number of hydrogen-bond acceptors (Lipinski definition) is 3. The number of thiazole rings is 1. The molecule has 0 unspecified atom stereocenters. The molecule has 0 bridgehead atoms. The number of hydrogen-bond donors (Lipinski definition) is 0. The van der Waals surface area contributed by atoms with Crippen LogP contribution in [0.25, 0.3) is 0 Å². The third kappa shape index (κ3) is 3.01. The summed E-state index contributed by atoms with van der Waals surface area (Å²) in [5.41, 5.74) is 3.04. The van der Waals surface area contributed by atoms with Gasteiger partial charge in [0.1, 0.15) is 5.01 Å². The van der Waals surface area contributed by atoms with Crippen molar-refractivity contribution in [2.24, 2.45) is 0 Å². The van der Waals surface area contributed by atoms with Crippen LogP contribution in [0.4, 0.5) is 0 Å². The average molecular weight is 245 g/mol. The second-order valence-electron chi connectivity index (χ2n) is 4.34. The first-order valence-electron chi connectivity index (χ1n) is 5.57. The molecule has 0 atom stereocenters. The Bertz CT molecular complexity index is 537. The fraction of sp³-hybridized carbons (Fsp3) is 0.286. The highest BCUT2D eigenvalue weighted by Gasteiger charge is 2.10. The molecule has 3 heteroatoms. The Hall–Kier alpha value is -1.48. The third-order valence-corrected chi connectivity index (χ3v) is 3.44. The molecule has 0 spiro atoms. The van der Waals surface area contributed by atoms with Crippen LogP contribution in [0.15, 0.2) is 24.4 Å². The Morgan fingerprint density at radius 2 is 1.82 bits per heavy atom. The van der Waals surface area contributed by atoms with E-state index in [0.717, 1.165) is 26.6 Å². The van der Waals surface area contributed by atoms with E-state index in [0.29, 0.717) is 6.42 Å². The minimum atomic E-state index is 0.145. The van der Waals surface area contributed by atoms with E-state index in [1.165, 1.54) is 0 Å². The summed E-state index contributed by atoms with van der Waals surface area (Å²) >= 11 is 1.59. The highest BCUT2D eigenvalue weighted by atomic mass is 32.1. The van der Waals surface area contributed by atoms with Crippen LogP contribution in [0.5, 0.6) is 0 Å². The van der Waals surface area contributed by atoms with Crippen LogP contribution >= 0.6 is 11.3 Å². The number of nitrogens with zero attached hydrogens (tertiary/aromatic N) is 1. The molecule has 0 N–H and O–H groups in total. The second-order valence-corrected chi connectivity index (χ2v) is 5.66. The molecule has 0 aliphatic carbocycles. The molecular weight excluding hydrogens is 230 g/mol. The number of carbonyl (C=O) groups excluding carboxylic acids is 1. The molecule has 17 heavy (non-hydrogen) atoms. The second kappa shape index (κ2) is 4.80. The zero-order valence-electron chi connectivity index (χ0n) is 10.3. The van der Waals surface area contributed by atoms with Crippen molar-refractivity contribution < 1.29 is 4.79 Å². The maximum atomic E-state index is 12.1. The summed E-state index contributed by atoms with van der Waals surface area (Å²) < 4.78 is 0. The van der Waals surface area contributed by atoms with Crippen molar-refractivity contribution in [1.82, 2.24) is 4.98 Å². The van der Waals surface area contributed by atoms with Gasteiger partial charge in [-0.05, 0) is 32.9 Å². The minimum Gasteiger partial charge on any atom is -0.294 e. The molecule has 88 valence electrons. The van der Waals surface area contributed by atoms with Crippen molar-refractivity contribution in [2.75, 3.05) is 0 Å². The zero-order chi connectivity index (χ0) is 12.4. The maximum Gasteiger partial charge on any atom is 0.169 e. The maximum absolute atomic E-state index is 12.1. The predicted octanol–water partition coefficient (Wildman–Crippen LogP) is 3.49. The fourth-order valence-corrected chi connectivity index (χ4v) is 2.64. The van der Waals surface area contributed by atoms with Crippen molar-refractivity contribution in [3.8, 4) is 0 Å². The number of Topliss-reactive ketones (excluding diaryl/α,β-unsaturated/α-hetero) is 1. The SMILES string of the molecule is Cc1cc(C)cc(C(=O)Cc2ncc(C)s2)c1. The number of aromatic nitrogens is 1. The van der Waals surface area contributed by atoms with Gasteiger partial charge in [-0.1, -0.05) is 17.2 Å². The molecule has 1 aromatic carbocycles. The summed E-state index contributed by atoms with van der Waals surface area (Å²) in [6.07, 6.45) is 2.22. The predicted molar refractivity (Wildman–Crippen MR) is 70.8 cm³/mol. The van der Waals surface area contributed by atoms with Gasteiger partial charge in [-0.15, -0.1) is 11.3 Å². The summed E-state index contributed by atoms with van der Waals surface area (Å²) in [6.45, 7) is 6.02. The molecule has 1 aromatic heterocycles. The quantitative estimate of drug-likeness (QED) is 0.775. The largest absolute Gasteiger partial charge is 0.294 e. The smallest absolute Gasteiger partial charge is 0.169 e. The Kier molecular flexibility index (Phi) is 3.38. The van der Waals surface area contributed by atoms with Crippen LogP contribution in [0.1, 0.15) is 31.4 Å². The van der Waals surface area contributed by atoms with Gasteiger partial charge in [0.2, 0.25) is 0 Å². The van der Waals surface area contributed by atoms with Gasteiger partial charge in [-0.25, -0.2) is 4.98 Å². The molecule has 2 rings (SSSR count). The zero-order valence-corrected chi connectivity index (χ0v) is 11.1. The van der Waals surface area contributed by atoms with E-state index in [1.54, 1.807) is 11.3 Å². The summed E-state index contributed by atoms with van der Waals surface area (Å²) in [6, 6.07) is 5.95. The molecule has 2 nitrogen and oxygen atoms in total. The molecule has 0 saturated heterocycles. The number of benzene rings is 1. The van der Waals surface area contributed by atoms with Gasteiger partial charge in [-0.3, -0.25) is 4.79 Å². The van der Waals surface area contributed by atoms with Crippen molar-refractivity contribution in [1.29, 1.82) is 0 Å². The third-order valence-electron chi connectivity index (χ3n) is 2.52. The van der Waals surface area contributed by atoms with Crippen molar-refractivity contribution in [3.63, 3.8) is 0 Å². The van der Waals surface area contributed by atoms with E-state index in [1.807, 2.05) is 39.1 Å². The van der Waals surface area contributed by atoms with E-state index in [4.69, 9.17) is 0 Å². The lowest BCUT2D eigenvalue weighted by Gasteiger charge is -2.02. The first kappa shape index (κ1) is 12.0. The van der Waals surface area contributed by atoms with Crippen molar-refractivity contribution >= 4 is 17.1 Å². The van der Waals surface area contributed by atoms with Crippen LogP contribution in [0.3, 0.4) is 0 Å². The molecule has 0 amide bonds. The van der Waals surface area contributed by atoms with Crippen LogP contribution < -0.4 is 0 Å². The van der Waals surface area contributed by atoms with Crippen molar-refractivity contribution in [3.05, 3.63) is 51.0 Å². The number of aryl methyl sites for hydroxylation is 3. The Labute approximate surface area is 105 Å². The molecule has 0 saturated carbocycles. The Morgan fingerprint density at radius 3 is 2.35 bits per heavy atom. The molecule has 2 aromatic rings. The first-order chi connectivity index (χ1) is 8.04. The molecular formula is C14H15NOS. The Balaban J connectivity index is 2.19. The van der Waals surface area contributed by atoms with E-state index < -0.39 is 0 Å². The van der Waals surface area contributed by atoms with Crippen LogP contribution in [-0.2, 0) is 6.42 Å². The van der Waals surface area contributed by atoms with E-state index in [-0.39, 0.29) is 5.78 Å². The molecule has 1 heterocycles. The van der Waals surface area contributed by atoms with E-state index >= 15 is 0 Å². The summed E-state index contributed by atoms with van der Waals surface area (Å²) in [5, 5.41) is 0.895. The van der Waals surface area contributed by atoms with Gasteiger partial charge >= 0.3 is 0 Å². The number of rotatable bonds is 3.